The molecule has 1 fully saturated rings. The highest BCUT2D eigenvalue weighted by atomic mass is 32.1. The molecule has 5 nitrogen and oxygen atoms in total. The SMILES string of the molecule is C=CCO[C@@H](C(=O)N1C(=S)OC[C@@H]1Cc1ccccc1)[C@H](O)CCCCC. The number of carbonyl (C=O) groups is 1. The lowest BCUT2D eigenvalue weighted by Crippen LogP contribution is -2.50. The number of aliphatic hydroxyl groups is 1. The smallest absolute Gasteiger partial charge is 0.266 e. The third-order valence-electron chi connectivity index (χ3n) is 4.60. The number of thiocarbonyl (C=S) groups is 1. The van der Waals surface area contributed by atoms with Gasteiger partial charge in [-0.05, 0) is 30.6 Å². The zero-order chi connectivity index (χ0) is 19.6. The Morgan fingerprint density at radius 2 is 2.19 bits per heavy atom. The van der Waals surface area contributed by atoms with Gasteiger partial charge in [-0.15, -0.1) is 6.58 Å². The van der Waals surface area contributed by atoms with E-state index in [1.54, 1.807) is 6.08 Å². The monoisotopic (exact) mass is 391 g/mol. The molecule has 1 aromatic rings. The van der Waals surface area contributed by atoms with E-state index in [1.807, 2.05) is 30.3 Å². The Labute approximate surface area is 167 Å². The van der Waals surface area contributed by atoms with Gasteiger partial charge in [0.15, 0.2) is 6.10 Å². The predicted molar refractivity (Wildman–Crippen MR) is 109 cm³/mol. The summed E-state index contributed by atoms with van der Waals surface area (Å²) in [4.78, 5) is 14.6. The summed E-state index contributed by atoms with van der Waals surface area (Å²) in [7, 11) is 0. The van der Waals surface area contributed by atoms with Crippen LogP contribution in [0.3, 0.4) is 0 Å². The van der Waals surface area contributed by atoms with Crippen molar-refractivity contribution in [1.82, 2.24) is 4.90 Å². The van der Waals surface area contributed by atoms with Gasteiger partial charge in [0.25, 0.3) is 11.1 Å². The molecule has 148 valence electrons. The van der Waals surface area contributed by atoms with E-state index in [-0.39, 0.29) is 23.7 Å². The maximum absolute atomic E-state index is 13.2. The second-order valence-corrected chi connectivity index (χ2v) is 7.08. The van der Waals surface area contributed by atoms with Gasteiger partial charge in [-0.1, -0.05) is 62.6 Å². The number of unbranched alkanes of at least 4 members (excludes halogenated alkanes) is 2. The largest absolute Gasteiger partial charge is 0.468 e. The molecule has 3 atom stereocenters. The van der Waals surface area contributed by atoms with Gasteiger partial charge in [-0.25, -0.2) is 0 Å². The highest BCUT2D eigenvalue weighted by Crippen LogP contribution is 2.21. The average molecular weight is 392 g/mol. The number of amides is 1. The molecule has 0 bridgehead atoms. The van der Waals surface area contributed by atoms with Crippen LogP contribution < -0.4 is 0 Å². The minimum Gasteiger partial charge on any atom is -0.468 e. The molecule has 1 N–H and O–H groups in total. The van der Waals surface area contributed by atoms with Crippen LogP contribution in [0.5, 0.6) is 0 Å². The average Bonchev–Trinajstić information content (AvgIpc) is 3.03. The maximum atomic E-state index is 13.2. The van der Waals surface area contributed by atoms with Crippen molar-refractivity contribution in [3.63, 3.8) is 0 Å². The fraction of sp³-hybridized carbons (Fsp3) is 0.524. The van der Waals surface area contributed by atoms with Gasteiger partial charge < -0.3 is 14.6 Å². The quantitative estimate of drug-likeness (QED) is 0.356. The van der Waals surface area contributed by atoms with E-state index < -0.39 is 12.2 Å². The van der Waals surface area contributed by atoms with Gasteiger partial charge in [0.1, 0.15) is 6.61 Å². The van der Waals surface area contributed by atoms with E-state index in [0.29, 0.717) is 19.4 Å². The number of benzene rings is 1. The lowest BCUT2D eigenvalue weighted by Gasteiger charge is -2.28. The molecule has 1 aliphatic heterocycles. The Balaban J connectivity index is 2.11. The Hall–Kier alpha value is -1.76. The molecule has 1 amide bonds. The molecule has 1 aromatic carbocycles. The van der Waals surface area contributed by atoms with Crippen molar-refractivity contribution in [1.29, 1.82) is 0 Å². The van der Waals surface area contributed by atoms with E-state index in [9.17, 15) is 9.90 Å². The third kappa shape index (κ3) is 6.13. The first-order chi connectivity index (χ1) is 13.1. The zero-order valence-corrected chi connectivity index (χ0v) is 16.7. The number of hydrogen-bond donors (Lipinski definition) is 1. The second-order valence-electron chi connectivity index (χ2n) is 6.73. The topological polar surface area (TPSA) is 59.0 Å². The van der Waals surface area contributed by atoms with E-state index in [4.69, 9.17) is 21.7 Å². The summed E-state index contributed by atoms with van der Waals surface area (Å²) in [5.74, 6) is -0.343. The summed E-state index contributed by atoms with van der Waals surface area (Å²) in [5, 5.41) is 10.7. The van der Waals surface area contributed by atoms with Gasteiger partial charge in [0.05, 0.1) is 18.8 Å². The van der Waals surface area contributed by atoms with Crippen LogP contribution in [0.25, 0.3) is 0 Å². The lowest BCUT2D eigenvalue weighted by molar-refractivity contribution is -0.147. The van der Waals surface area contributed by atoms with Crippen LogP contribution in [0.4, 0.5) is 0 Å². The minimum atomic E-state index is -0.974. The van der Waals surface area contributed by atoms with Gasteiger partial charge >= 0.3 is 0 Å². The number of rotatable bonds is 11. The first-order valence-electron chi connectivity index (χ1n) is 9.52. The number of aliphatic hydroxyl groups excluding tert-OH is 1. The Kier molecular flexibility index (Phi) is 8.91. The number of hydrogen-bond acceptors (Lipinski definition) is 5. The van der Waals surface area contributed by atoms with E-state index in [0.717, 1.165) is 24.8 Å². The summed E-state index contributed by atoms with van der Waals surface area (Å²) < 4.78 is 11.1. The molecule has 0 saturated carbocycles. The summed E-state index contributed by atoms with van der Waals surface area (Å²) >= 11 is 5.26. The van der Waals surface area contributed by atoms with Crippen molar-refractivity contribution < 1.29 is 19.4 Å². The lowest BCUT2D eigenvalue weighted by atomic mass is 10.0. The maximum Gasteiger partial charge on any atom is 0.266 e. The molecule has 1 saturated heterocycles. The highest BCUT2D eigenvalue weighted by Gasteiger charge is 2.41. The van der Waals surface area contributed by atoms with E-state index in [1.165, 1.54) is 4.90 Å². The molecule has 0 spiro atoms. The van der Waals surface area contributed by atoms with Crippen molar-refractivity contribution in [2.45, 2.75) is 57.3 Å². The van der Waals surface area contributed by atoms with Crippen LogP contribution in [0.1, 0.15) is 38.2 Å². The van der Waals surface area contributed by atoms with Gasteiger partial charge in [0.2, 0.25) is 0 Å². The number of ether oxygens (including phenoxy) is 2. The molecule has 0 unspecified atom stereocenters. The molecular weight excluding hydrogens is 362 g/mol. The molecule has 1 heterocycles. The minimum absolute atomic E-state index is 0.147. The molecule has 2 rings (SSSR count). The summed E-state index contributed by atoms with van der Waals surface area (Å²) in [5.41, 5.74) is 1.10. The zero-order valence-electron chi connectivity index (χ0n) is 15.9. The molecule has 0 aromatic heterocycles. The van der Waals surface area contributed by atoms with Crippen molar-refractivity contribution in [2.24, 2.45) is 0 Å². The number of carbonyl (C=O) groups excluding carboxylic acids is 1. The van der Waals surface area contributed by atoms with Crippen molar-refractivity contribution in [3.05, 3.63) is 48.6 Å². The van der Waals surface area contributed by atoms with Crippen LogP contribution in [0.2, 0.25) is 0 Å². The van der Waals surface area contributed by atoms with Crippen molar-refractivity contribution >= 4 is 23.3 Å². The second kappa shape index (κ2) is 11.2. The standard InChI is InChI=1S/C21H29NO4S/c1-3-5-7-12-18(23)19(25-13-4-2)20(24)22-17(15-26-21(22)27)14-16-10-8-6-9-11-16/h4,6,8-11,17-19,23H,2-3,5,7,12-15H2,1H3/t17-,18+,19+/m0/s1. The first-order valence-corrected chi connectivity index (χ1v) is 9.93. The molecule has 0 radical (unpaired) electrons. The van der Waals surface area contributed by atoms with Crippen LogP contribution in [-0.2, 0) is 20.7 Å². The fourth-order valence-electron chi connectivity index (χ4n) is 3.18. The third-order valence-corrected chi connectivity index (χ3v) is 4.92. The van der Waals surface area contributed by atoms with Crippen molar-refractivity contribution in [3.8, 4) is 0 Å². The fourth-order valence-corrected chi connectivity index (χ4v) is 3.48. The number of nitrogens with zero attached hydrogens (tertiary/aromatic N) is 1. The molecular formula is C21H29NO4S. The molecule has 0 aliphatic carbocycles. The molecule has 1 aliphatic rings. The van der Waals surface area contributed by atoms with Crippen molar-refractivity contribution in [2.75, 3.05) is 13.2 Å². The molecule has 27 heavy (non-hydrogen) atoms. The van der Waals surface area contributed by atoms with Gasteiger partial charge in [0, 0.05) is 0 Å². The van der Waals surface area contributed by atoms with E-state index >= 15 is 0 Å². The molecule has 6 heteroatoms. The summed E-state index contributed by atoms with van der Waals surface area (Å²) in [6, 6.07) is 9.69. The van der Waals surface area contributed by atoms with Gasteiger partial charge in [-0.2, -0.15) is 0 Å². The normalized spacial score (nSPS) is 18.8. The van der Waals surface area contributed by atoms with Gasteiger partial charge in [-0.3, -0.25) is 9.69 Å². The van der Waals surface area contributed by atoms with Crippen LogP contribution in [-0.4, -0.2) is 52.6 Å². The Morgan fingerprint density at radius 3 is 2.85 bits per heavy atom. The Bertz CT molecular complexity index is 622. The van der Waals surface area contributed by atoms with Crippen LogP contribution in [0, 0.1) is 0 Å². The van der Waals surface area contributed by atoms with Crippen LogP contribution >= 0.6 is 12.2 Å². The summed E-state index contributed by atoms with van der Waals surface area (Å²) in [6.07, 6.45) is 3.73. The Morgan fingerprint density at radius 1 is 1.44 bits per heavy atom. The van der Waals surface area contributed by atoms with E-state index in [2.05, 4.69) is 13.5 Å². The highest BCUT2D eigenvalue weighted by molar-refractivity contribution is 7.80. The summed E-state index contributed by atoms with van der Waals surface area (Å²) in [6.45, 7) is 6.26. The predicted octanol–water partition coefficient (Wildman–Crippen LogP) is 3.25. The first kappa shape index (κ1) is 21.5. The van der Waals surface area contributed by atoms with Crippen LogP contribution in [0.15, 0.2) is 43.0 Å².